The van der Waals surface area contributed by atoms with Crippen molar-refractivity contribution in [2.75, 3.05) is 14.1 Å². The third-order valence-corrected chi connectivity index (χ3v) is 2.55. The maximum Gasteiger partial charge on any atom is 0.0376 e. The molecule has 0 spiro atoms. The van der Waals surface area contributed by atoms with Crippen molar-refractivity contribution in [1.29, 1.82) is 0 Å². The molecule has 0 atom stereocenters. The number of hydrogen-bond acceptors (Lipinski definition) is 4. The Morgan fingerprint density at radius 1 is 0.650 bits per heavy atom. The van der Waals surface area contributed by atoms with Gasteiger partial charge < -0.3 is 0 Å². The van der Waals surface area contributed by atoms with E-state index < -0.39 is 0 Å². The first-order chi connectivity index (χ1) is 9.58. The molecule has 0 unspecified atom stereocenters. The summed E-state index contributed by atoms with van der Waals surface area (Å²) in [6, 6.07) is 20.3. The summed E-state index contributed by atoms with van der Waals surface area (Å²) in [4.78, 5) is 0. The minimum absolute atomic E-state index is 0.806. The van der Waals surface area contributed by atoms with Crippen molar-refractivity contribution < 1.29 is 0 Å². The molecular formula is C16H24N4. The lowest BCUT2D eigenvalue weighted by Gasteiger charge is -2.07. The van der Waals surface area contributed by atoms with Crippen LogP contribution in [0.25, 0.3) is 0 Å². The summed E-state index contributed by atoms with van der Waals surface area (Å²) in [6.07, 6.45) is 0. The Balaban J connectivity index is 0.000000200. The van der Waals surface area contributed by atoms with Gasteiger partial charge >= 0.3 is 0 Å². The third kappa shape index (κ3) is 7.66. The molecule has 0 aliphatic heterocycles. The topological polar surface area (TPSA) is 58.5 Å². The molecule has 4 nitrogen and oxygen atoms in total. The van der Waals surface area contributed by atoms with Gasteiger partial charge in [-0.25, -0.2) is 10.0 Å². The van der Waals surface area contributed by atoms with E-state index >= 15 is 0 Å². The van der Waals surface area contributed by atoms with E-state index in [1.165, 1.54) is 11.1 Å². The molecule has 4 heteroatoms. The predicted molar refractivity (Wildman–Crippen MR) is 84.2 cm³/mol. The van der Waals surface area contributed by atoms with E-state index in [4.69, 9.17) is 11.7 Å². The Morgan fingerprint density at radius 3 is 1.20 bits per heavy atom. The van der Waals surface area contributed by atoms with Gasteiger partial charge in [-0.1, -0.05) is 60.7 Å². The molecule has 0 saturated heterocycles. The van der Waals surface area contributed by atoms with Crippen LogP contribution in [-0.2, 0) is 13.1 Å². The van der Waals surface area contributed by atoms with Gasteiger partial charge in [-0.15, -0.1) is 0 Å². The highest BCUT2D eigenvalue weighted by molar-refractivity contribution is 5.14. The minimum atomic E-state index is 0.806. The molecule has 2 aromatic carbocycles. The molecule has 0 bridgehead atoms. The van der Waals surface area contributed by atoms with Crippen LogP contribution in [0.15, 0.2) is 60.7 Å². The van der Waals surface area contributed by atoms with E-state index in [0.29, 0.717) is 0 Å². The van der Waals surface area contributed by atoms with Crippen molar-refractivity contribution in [2.24, 2.45) is 11.7 Å². The molecule has 0 radical (unpaired) electrons. The normalized spacial score (nSPS) is 10.3. The van der Waals surface area contributed by atoms with Gasteiger partial charge in [0.1, 0.15) is 0 Å². The number of benzene rings is 2. The van der Waals surface area contributed by atoms with Crippen molar-refractivity contribution in [3.63, 3.8) is 0 Å². The minimum Gasteiger partial charge on any atom is -0.269 e. The van der Waals surface area contributed by atoms with Crippen LogP contribution in [0, 0.1) is 0 Å². The van der Waals surface area contributed by atoms with Gasteiger partial charge in [0.15, 0.2) is 0 Å². The fourth-order valence-corrected chi connectivity index (χ4v) is 1.74. The van der Waals surface area contributed by atoms with Crippen LogP contribution >= 0.6 is 0 Å². The number of nitrogens with zero attached hydrogens (tertiary/aromatic N) is 2. The Labute approximate surface area is 121 Å². The van der Waals surface area contributed by atoms with Gasteiger partial charge in [-0.05, 0) is 11.1 Å². The average molecular weight is 272 g/mol. The van der Waals surface area contributed by atoms with E-state index in [1.54, 1.807) is 10.0 Å². The van der Waals surface area contributed by atoms with Crippen molar-refractivity contribution in [3.05, 3.63) is 71.8 Å². The molecule has 0 aliphatic rings. The quantitative estimate of drug-likeness (QED) is 0.660. The lowest BCUT2D eigenvalue weighted by Crippen LogP contribution is -2.24. The summed E-state index contributed by atoms with van der Waals surface area (Å²) in [6.45, 7) is 1.61. The Kier molecular flexibility index (Phi) is 7.54. The summed E-state index contributed by atoms with van der Waals surface area (Å²) in [5.41, 5.74) is 2.49. The number of rotatable bonds is 4. The first-order valence-corrected chi connectivity index (χ1v) is 6.57. The molecule has 2 aromatic rings. The monoisotopic (exact) mass is 272 g/mol. The Morgan fingerprint density at radius 2 is 0.950 bits per heavy atom. The highest BCUT2D eigenvalue weighted by Crippen LogP contribution is 1.99. The Bertz CT molecular complexity index is 409. The maximum absolute atomic E-state index is 5.46. The van der Waals surface area contributed by atoms with Crippen LogP contribution in [0.4, 0.5) is 0 Å². The van der Waals surface area contributed by atoms with Gasteiger partial charge in [0.25, 0.3) is 0 Å². The summed E-state index contributed by atoms with van der Waals surface area (Å²) in [5.74, 6) is 10.9. The number of hydrazine groups is 2. The zero-order valence-corrected chi connectivity index (χ0v) is 12.2. The average Bonchev–Trinajstić information content (AvgIpc) is 2.40. The molecule has 0 aliphatic carbocycles. The SMILES string of the molecule is CN(N)Cc1ccccc1.CN(N)Cc1ccccc1. The summed E-state index contributed by atoms with van der Waals surface area (Å²) < 4.78 is 0. The first kappa shape index (κ1) is 16.3. The molecule has 2 rings (SSSR count). The van der Waals surface area contributed by atoms with Gasteiger partial charge in [0, 0.05) is 27.2 Å². The van der Waals surface area contributed by atoms with Crippen LogP contribution in [0.5, 0.6) is 0 Å². The second kappa shape index (κ2) is 9.23. The number of nitrogens with two attached hydrogens (primary N) is 2. The van der Waals surface area contributed by atoms with Gasteiger partial charge in [0.2, 0.25) is 0 Å². The zero-order valence-electron chi connectivity index (χ0n) is 12.2. The zero-order chi connectivity index (χ0) is 14.8. The van der Waals surface area contributed by atoms with Crippen molar-refractivity contribution in [1.82, 2.24) is 10.0 Å². The highest BCUT2D eigenvalue weighted by Gasteiger charge is 1.91. The second-order valence-corrected chi connectivity index (χ2v) is 4.80. The molecule has 0 amide bonds. The smallest absolute Gasteiger partial charge is 0.0376 e. The van der Waals surface area contributed by atoms with Gasteiger partial charge in [-0.2, -0.15) is 0 Å². The second-order valence-electron chi connectivity index (χ2n) is 4.80. The van der Waals surface area contributed by atoms with Crippen LogP contribution in [-0.4, -0.2) is 24.1 Å². The molecule has 20 heavy (non-hydrogen) atoms. The number of hydrogen-bond donors (Lipinski definition) is 2. The molecule has 0 saturated carbocycles. The molecule has 0 aromatic heterocycles. The Hall–Kier alpha value is -1.72. The summed E-state index contributed by atoms with van der Waals surface area (Å²) in [7, 11) is 3.71. The molecule has 108 valence electrons. The molecule has 0 fully saturated rings. The maximum atomic E-state index is 5.46. The van der Waals surface area contributed by atoms with E-state index in [-0.39, 0.29) is 0 Å². The van der Waals surface area contributed by atoms with Crippen molar-refractivity contribution >= 4 is 0 Å². The van der Waals surface area contributed by atoms with Crippen LogP contribution in [0.3, 0.4) is 0 Å². The lowest BCUT2D eigenvalue weighted by molar-refractivity contribution is 0.341. The van der Waals surface area contributed by atoms with Crippen LogP contribution in [0.2, 0.25) is 0 Å². The lowest BCUT2D eigenvalue weighted by atomic mass is 10.2. The highest BCUT2D eigenvalue weighted by atomic mass is 15.4. The standard InChI is InChI=1S/2C8H12N2/c2*1-10(9)7-8-5-3-2-4-6-8/h2*2-6H,7,9H2,1H3. The van der Waals surface area contributed by atoms with Crippen molar-refractivity contribution in [2.45, 2.75) is 13.1 Å². The van der Waals surface area contributed by atoms with E-state index in [1.807, 2.05) is 50.5 Å². The van der Waals surface area contributed by atoms with Crippen LogP contribution < -0.4 is 11.7 Å². The fourth-order valence-electron chi connectivity index (χ4n) is 1.74. The largest absolute Gasteiger partial charge is 0.269 e. The fraction of sp³-hybridized carbons (Fsp3) is 0.250. The van der Waals surface area contributed by atoms with E-state index in [0.717, 1.165) is 13.1 Å². The molecular weight excluding hydrogens is 248 g/mol. The third-order valence-electron chi connectivity index (χ3n) is 2.55. The van der Waals surface area contributed by atoms with Crippen molar-refractivity contribution in [3.8, 4) is 0 Å². The molecule has 4 N–H and O–H groups in total. The predicted octanol–water partition coefficient (Wildman–Crippen LogP) is 1.98. The van der Waals surface area contributed by atoms with E-state index in [9.17, 15) is 0 Å². The van der Waals surface area contributed by atoms with E-state index in [2.05, 4.69) is 24.3 Å². The summed E-state index contributed by atoms with van der Waals surface area (Å²) in [5, 5.41) is 3.32. The van der Waals surface area contributed by atoms with Crippen LogP contribution in [0.1, 0.15) is 11.1 Å². The first-order valence-electron chi connectivity index (χ1n) is 6.57. The van der Waals surface area contributed by atoms with Gasteiger partial charge in [0.05, 0.1) is 0 Å². The van der Waals surface area contributed by atoms with Gasteiger partial charge in [-0.3, -0.25) is 11.7 Å². The molecule has 0 heterocycles. The summed E-state index contributed by atoms with van der Waals surface area (Å²) >= 11 is 0.